The fraction of sp³-hybridized carbons (Fsp3) is 0.455. The van der Waals surface area contributed by atoms with Gasteiger partial charge in [0.25, 0.3) is 10.0 Å². The molecule has 0 fully saturated rings. The molecule has 0 aromatic heterocycles. The number of benzene rings is 1. The van der Waals surface area contributed by atoms with E-state index in [9.17, 15) is 8.42 Å². The van der Waals surface area contributed by atoms with Gasteiger partial charge in [-0.2, -0.15) is 0 Å². The predicted molar refractivity (Wildman–Crippen MR) is 77.7 cm³/mol. The van der Waals surface area contributed by atoms with Gasteiger partial charge in [0.1, 0.15) is 0 Å². The maximum atomic E-state index is 12.0. The van der Waals surface area contributed by atoms with Gasteiger partial charge in [0, 0.05) is 8.95 Å². The van der Waals surface area contributed by atoms with Crippen LogP contribution in [0.25, 0.3) is 0 Å². The lowest BCUT2D eigenvalue weighted by Gasteiger charge is -2.11. The van der Waals surface area contributed by atoms with E-state index in [0.717, 1.165) is 10.0 Å². The Morgan fingerprint density at radius 3 is 2.44 bits per heavy atom. The molecular formula is C11H15Br2NO3S. The molecule has 1 aromatic carbocycles. The van der Waals surface area contributed by atoms with Gasteiger partial charge in [-0.25, -0.2) is 8.42 Å². The van der Waals surface area contributed by atoms with Crippen LogP contribution in [0.15, 0.2) is 26.0 Å². The molecule has 0 spiro atoms. The average molecular weight is 401 g/mol. The predicted octanol–water partition coefficient (Wildman–Crippen LogP) is 3.39. The summed E-state index contributed by atoms with van der Waals surface area (Å²) in [6, 6.07) is 3.28. The Morgan fingerprint density at radius 1 is 1.28 bits per heavy atom. The van der Waals surface area contributed by atoms with Gasteiger partial charge >= 0.3 is 0 Å². The molecule has 0 aliphatic heterocycles. The number of nitrogens with one attached hydrogen (secondary N) is 1. The molecule has 7 heteroatoms. The molecular weight excluding hydrogens is 386 g/mol. The van der Waals surface area contributed by atoms with Crippen LogP contribution in [0.1, 0.15) is 19.4 Å². The second-order valence-electron chi connectivity index (χ2n) is 4.32. The molecule has 0 amide bonds. The van der Waals surface area contributed by atoms with E-state index in [1.54, 1.807) is 12.1 Å². The highest BCUT2D eigenvalue weighted by Gasteiger charge is 2.19. The van der Waals surface area contributed by atoms with Crippen molar-refractivity contribution in [3.8, 4) is 0 Å². The molecule has 0 heterocycles. The first kappa shape index (κ1) is 16.1. The van der Waals surface area contributed by atoms with E-state index in [2.05, 4.69) is 36.7 Å². The van der Waals surface area contributed by atoms with E-state index in [1.165, 1.54) is 0 Å². The average Bonchev–Trinajstić information content (AvgIpc) is 2.22. The minimum Gasteiger partial charge on any atom is -0.287 e. The number of sulfonamides is 1. The summed E-state index contributed by atoms with van der Waals surface area (Å²) in [5.41, 5.74) is 0.948. The summed E-state index contributed by atoms with van der Waals surface area (Å²) in [5, 5.41) is 0. The topological polar surface area (TPSA) is 55.4 Å². The first-order valence-electron chi connectivity index (χ1n) is 5.33. The van der Waals surface area contributed by atoms with Crippen LogP contribution in [0.3, 0.4) is 0 Å². The van der Waals surface area contributed by atoms with Gasteiger partial charge in [-0.1, -0.05) is 34.7 Å². The molecule has 0 saturated carbocycles. The van der Waals surface area contributed by atoms with Crippen LogP contribution in [0.5, 0.6) is 0 Å². The largest absolute Gasteiger partial charge is 0.287 e. The molecule has 0 aliphatic rings. The zero-order valence-electron chi connectivity index (χ0n) is 10.3. The monoisotopic (exact) mass is 399 g/mol. The van der Waals surface area contributed by atoms with Crippen LogP contribution >= 0.6 is 31.9 Å². The fourth-order valence-corrected chi connectivity index (χ4v) is 3.65. The molecule has 18 heavy (non-hydrogen) atoms. The number of hydrogen-bond donors (Lipinski definition) is 1. The van der Waals surface area contributed by atoms with E-state index in [0.29, 0.717) is 11.1 Å². The van der Waals surface area contributed by atoms with Gasteiger partial charge in [-0.05, 0) is 46.5 Å². The Hall–Kier alpha value is 0.0500. The minimum atomic E-state index is -3.67. The van der Waals surface area contributed by atoms with Gasteiger partial charge in [-0.15, -0.1) is 0 Å². The Kier molecular flexibility index (Phi) is 5.79. The van der Waals surface area contributed by atoms with E-state index >= 15 is 0 Å². The normalized spacial score (nSPS) is 12.1. The molecule has 0 saturated heterocycles. The molecule has 1 N–H and O–H groups in total. The zero-order valence-corrected chi connectivity index (χ0v) is 14.3. The third kappa shape index (κ3) is 4.31. The van der Waals surface area contributed by atoms with Crippen molar-refractivity contribution < 1.29 is 13.3 Å². The lowest BCUT2D eigenvalue weighted by atomic mass is 10.2. The van der Waals surface area contributed by atoms with Crippen molar-refractivity contribution in [1.29, 1.82) is 0 Å². The minimum absolute atomic E-state index is 0.142. The molecule has 0 atom stereocenters. The van der Waals surface area contributed by atoms with Crippen molar-refractivity contribution in [2.45, 2.75) is 25.7 Å². The van der Waals surface area contributed by atoms with Crippen LogP contribution in [0, 0.1) is 12.8 Å². The second kappa shape index (κ2) is 6.47. The van der Waals surface area contributed by atoms with Crippen molar-refractivity contribution in [2.24, 2.45) is 5.92 Å². The highest BCUT2D eigenvalue weighted by molar-refractivity contribution is 9.11. The third-order valence-electron chi connectivity index (χ3n) is 2.09. The van der Waals surface area contributed by atoms with Crippen LogP contribution in [-0.4, -0.2) is 15.0 Å². The van der Waals surface area contributed by atoms with Gasteiger partial charge < -0.3 is 0 Å². The summed E-state index contributed by atoms with van der Waals surface area (Å²) in [6.45, 7) is 6.08. The van der Waals surface area contributed by atoms with E-state index in [1.807, 2.05) is 20.8 Å². The summed E-state index contributed by atoms with van der Waals surface area (Å²) >= 11 is 6.55. The molecule has 0 aliphatic carbocycles. The fourth-order valence-electron chi connectivity index (χ4n) is 1.16. The van der Waals surface area contributed by atoms with Crippen molar-refractivity contribution in [1.82, 2.24) is 4.89 Å². The highest BCUT2D eigenvalue weighted by Crippen LogP contribution is 2.28. The maximum absolute atomic E-state index is 12.0. The number of rotatable bonds is 5. The zero-order chi connectivity index (χ0) is 13.9. The molecule has 0 unspecified atom stereocenters. The van der Waals surface area contributed by atoms with Gasteiger partial charge in [0.15, 0.2) is 0 Å². The third-order valence-corrected chi connectivity index (χ3v) is 5.11. The van der Waals surface area contributed by atoms with Crippen LogP contribution in [0.4, 0.5) is 0 Å². The lowest BCUT2D eigenvalue weighted by Crippen LogP contribution is -2.26. The van der Waals surface area contributed by atoms with Crippen molar-refractivity contribution in [3.63, 3.8) is 0 Å². The molecule has 102 valence electrons. The number of halogens is 2. The molecule has 0 radical (unpaired) electrons. The first-order valence-corrected chi connectivity index (χ1v) is 8.40. The number of aryl methyl sites for hydroxylation is 1. The smallest absolute Gasteiger partial charge is 0.263 e. The maximum Gasteiger partial charge on any atom is 0.263 e. The molecule has 4 nitrogen and oxygen atoms in total. The Morgan fingerprint density at radius 2 is 1.89 bits per heavy atom. The van der Waals surface area contributed by atoms with Gasteiger partial charge in [0.05, 0.1) is 11.5 Å². The summed E-state index contributed by atoms with van der Waals surface area (Å²) < 4.78 is 25.3. The van der Waals surface area contributed by atoms with Gasteiger partial charge in [-0.3, -0.25) is 4.84 Å². The summed E-state index contributed by atoms with van der Waals surface area (Å²) in [4.78, 5) is 7.22. The van der Waals surface area contributed by atoms with Gasteiger partial charge in [0.2, 0.25) is 0 Å². The second-order valence-corrected chi connectivity index (χ2v) is 7.65. The van der Waals surface area contributed by atoms with E-state index in [4.69, 9.17) is 4.84 Å². The quantitative estimate of drug-likeness (QED) is 0.770. The summed E-state index contributed by atoms with van der Waals surface area (Å²) in [5.74, 6) is 0.251. The standard InChI is InChI=1S/C11H15Br2NO3S/c1-7(2)6-17-14-18(15,16)11-5-9(12)8(3)4-10(11)13/h4-5,7,14H,6H2,1-3H3. The van der Waals surface area contributed by atoms with Crippen LogP contribution < -0.4 is 4.89 Å². The first-order chi connectivity index (χ1) is 8.24. The Labute approximate surface area is 124 Å². The van der Waals surface area contributed by atoms with Crippen molar-refractivity contribution >= 4 is 41.9 Å². The van der Waals surface area contributed by atoms with Crippen LogP contribution in [0.2, 0.25) is 0 Å². The van der Waals surface area contributed by atoms with E-state index < -0.39 is 10.0 Å². The van der Waals surface area contributed by atoms with Crippen LogP contribution in [-0.2, 0) is 14.9 Å². The van der Waals surface area contributed by atoms with Crippen molar-refractivity contribution in [2.75, 3.05) is 6.61 Å². The number of hydrogen-bond acceptors (Lipinski definition) is 3. The Bertz CT molecular complexity index is 529. The molecule has 1 aromatic rings. The van der Waals surface area contributed by atoms with E-state index in [-0.39, 0.29) is 10.8 Å². The Balaban J connectivity index is 2.95. The highest BCUT2D eigenvalue weighted by atomic mass is 79.9. The summed E-state index contributed by atoms with van der Waals surface area (Å²) in [6.07, 6.45) is 0. The molecule has 1 rings (SSSR count). The van der Waals surface area contributed by atoms with Crippen molar-refractivity contribution in [3.05, 3.63) is 26.6 Å². The lowest BCUT2D eigenvalue weighted by molar-refractivity contribution is 0.0718. The molecule has 0 bridgehead atoms. The summed E-state index contributed by atoms with van der Waals surface area (Å²) in [7, 11) is -3.67. The SMILES string of the molecule is Cc1cc(Br)c(S(=O)(=O)NOCC(C)C)cc1Br.